The van der Waals surface area contributed by atoms with Gasteiger partial charge in [0.2, 0.25) is 0 Å². The molecule has 0 aliphatic carbocycles. The van der Waals surface area contributed by atoms with E-state index < -0.39 is 6.09 Å². The molecule has 0 aromatic rings. The van der Waals surface area contributed by atoms with Crippen molar-refractivity contribution in [2.45, 2.75) is 13.3 Å². The predicted molar refractivity (Wildman–Crippen MR) is 54.9 cm³/mol. The summed E-state index contributed by atoms with van der Waals surface area (Å²) < 4.78 is 4.55. The SMILES string of the molecule is CCOC(=O)N=C=NCCCN(C)C. The molecule has 0 aliphatic rings. The van der Waals surface area contributed by atoms with Gasteiger partial charge in [-0.05, 0) is 34.0 Å². The van der Waals surface area contributed by atoms with E-state index in [0.29, 0.717) is 13.2 Å². The van der Waals surface area contributed by atoms with Crippen LogP contribution in [0, 0.1) is 0 Å². The lowest BCUT2D eigenvalue weighted by atomic mass is 10.4. The quantitative estimate of drug-likeness (QED) is 0.495. The molecule has 0 fully saturated rings. The lowest BCUT2D eigenvalue weighted by Crippen LogP contribution is -2.13. The summed E-state index contributed by atoms with van der Waals surface area (Å²) in [5.41, 5.74) is 0. The van der Waals surface area contributed by atoms with Gasteiger partial charge in [0.15, 0.2) is 0 Å². The molecule has 0 aromatic carbocycles. The third-order valence-corrected chi connectivity index (χ3v) is 1.36. The number of ether oxygens (including phenoxy) is 1. The predicted octanol–water partition coefficient (Wildman–Crippen LogP) is 1.27. The Kier molecular flexibility index (Phi) is 7.70. The first-order valence-corrected chi connectivity index (χ1v) is 4.60. The van der Waals surface area contributed by atoms with Crippen molar-refractivity contribution in [2.24, 2.45) is 9.98 Å². The van der Waals surface area contributed by atoms with Crippen molar-refractivity contribution in [1.29, 1.82) is 0 Å². The van der Waals surface area contributed by atoms with Crippen LogP contribution in [0.1, 0.15) is 13.3 Å². The molecular formula is C9H17N3O2. The average Bonchev–Trinajstić information content (AvgIpc) is 2.11. The van der Waals surface area contributed by atoms with Gasteiger partial charge in [-0.2, -0.15) is 0 Å². The molecule has 14 heavy (non-hydrogen) atoms. The molecule has 0 rings (SSSR count). The van der Waals surface area contributed by atoms with Crippen LogP contribution in [0.4, 0.5) is 4.79 Å². The number of rotatable bonds is 5. The van der Waals surface area contributed by atoms with E-state index >= 15 is 0 Å². The zero-order valence-electron chi connectivity index (χ0n) is 8.99. The molecule has 0 spiro atoms. The van der Waals surface area contributed by atoms with Crippen LogP contribution in [0.5, 0.6) is 0 Å². The summed E-state index contributed by atoms with van der Waals surface area (Å²) in [5.74, 6) is 0. The summed E-state index contributed by atoms with van der Waals surface area (Å²) in [5, 5.41) is 0. The van der Waals surface area contributed by atoms with Crippen molar-refractivity contribution in [3.63, 3.8) is 0 Å². The van der Waals surface area contributed by atoms with Gasteiger partial charge >= 0.3 is 6.09 Å². The second-order valence-corrected chi connectivity index (χ2v) is 2.95. The van der Waals surface area contributed by atoms with E-state index in [0.717, 1.165) is 13.0 Å². The largest absolute Gasteiger partial charge is 0.448 e. The molecule has 0 atom stereocenters. The molecule has 1 amide bonds. The van der Waals surface area contributed by atoms with Crippen LogP contribution in [0.25, 0.3) is 0 Å². The Balaban J connectivity index is 3.56. The summed E-state index contributed by atoms with van der Waals surface area (Å²) in [6.07, 6.45) is 0.294. The minimum Gasteiger partial charge on any atom is -0.448 e. The molecule has 0 heterocycles. The van der Waals surface area contributed by atoms with Crippen molar-refractivity contribution in [1.82, 2.24) is 4.90 Å². The van der Waals surface area contributed by atoms with Crippen LogP contribution < -0.4 is 0 Å². The Morgan fingerprint density at radius 2 is 2.21 bits per heavy atom. The first-order chi connectivity index (χ1) is 6.66. The van der Waals surface area contributed by atoms with Crippen LogP contribution in [-0.4, -0.2) is 50.8 Å². The maximum Gasteiger partial charge on any atom is 0.443 e. The van der Waals surface area contributed by atoms with E-state index in [-0.39, 0.29) is 0 Å². The third kappa shape index (κ3) is 8.90. The summed E-state index contributed by atoms with van der Waals surface area (Å²) in [4.78, 5) is 19.9. The first-order valence-electron chi connectivity index (χ1n) is 4.60. The standard InChI is InChI=1S/C9H17N3O2/c1-4-14-9(13)11-8-10-6-5-7-12(2)3/h4-7H2,1-3H3. The highest BCUT2D eigenvalue weighted by molar-refractivity contribution is 5.75. The van der Waals surface area contributed by atoms with E-state index in [9.17, 15) is 4.79 Å². The van der Waals surface area contributed by atoms with Gasteiger partial charge in [-0.25, -0.2) is 9.79 Å². The summed E-state index contributed by atoms with van der Waals surface area (Å²) in [6, 6.07) is 2.30. The van der Waals surface area contributed by atoms with E-state index in [1.165, 1.54) is 0 Å². The Morgan fingerprint density at radius 3 is 2.79 bits per heavy atom. The van der Waals surface area contributed by atoms with Gasteiger partial charge in [0.1, 0.15) is 6.01 Å². The summed E-state index contributed by atoms with van der Waals surface area (Å²) in [6.45, 7) is 3.64. The van der Waals surface area contributed by atoms with Gasteiger partial charge < -0.3 is 9.64 Å². The van der Waals surface area contributed by atoms with E-state index in [1.807, 2.05) is 14.1 Å². The summed E-state index contributed by atoms with van der Waals surface area (Å²) >= 11 is 0. The molecule has 5 nitrogen and oxygen atoms in total. The molecular weight excluding hydrogens is 182 g/mol. The van der Waals surface area contributed by atoms with Gasteiger partial charge in [0.05, 0.1) is 13.2 Å². The van der Waals surface area contributed by atoms with Gasteiger partial charge in [-0.1, -0.05) is 0 Å². The highest BCUT2D eigenvalue weighted by Crippen LogP contribution is 1.84. The molecule has 0 saturated heterocycles. The lowest BCUT2D eigenvalue weighted by molar-refractivity contribution is 0.164. The Morgan fingerprint density at radius 1 is 1.50 bits per heavy atom. The fourth-order valence-corrected chi connectivity index (χ4v) is 0.748. The van der Waals surface area contributed by atoms with Gasteiger partial charge in [-0.15, -0.1) is 4.99 Å². The Labute approximate surface area is 84.5 Å². The van der Waals surface area contributed by atoms with Gasteiger partial charge in [0.25, 0.3) is 0 Å². The van der Waals surface area contributed by atoms with Gasteiger partial charge in [0, 0.05) is 0 Å². The smallest absolute Gasteiger partial charge is 0.443 e. The number of hydrogen-bond donors (Lipinski definition) is 0. The van der Waals surface area contributed by atoms with Crippen LogP contribution in [0.2, 0.25) is 0 Å². The third-order valence-electron chi connectivity index (χ3n) is 1.36. The van der Waals surface area contributed by atoms with Crippen molar-refractivity contribution in [3.05, 3.63) is 0 Å². The molecule has 0 aliphatic heterocycles. The maximum atomic E-state index is 10.7. The zero-order valence-corrected chi connectivity index (χ0v) is 8.99. The summed E-state index contributed by atoms with van der Waals surface area (Å²) in [7, 11) is 3.99. The molecule has 0 bridgehead atoms. The van der Waals surface area contributed by atoms with Crippen molar-refractivity contribution < 1.29 is 9.53 Å². The van der Waals surface area contributed by atoms with E-state index in [2.05, 4.69) is 25.6 Å². The molecule has 0 aromatic heterocycles. The zero-order chi connectivity index (χ0) is 10.8. The molecule has 80 valence electrons. The lowest BCUT2D eigenvalue weighted by Gasteiger charge is -2.05. The normalized spacial score (nSPS) is 9.43. The number of nitrogens with zero attached hydrogens (tertiary/aromatic N) is 3. The highest BCUT2D eigenvalue weighted by atomic mass is 16.5. The van der Waals surface area contributed by atoms with Crippen molar-refractivity contribution >= 4 is 12.1 Å². The second kappa shape index (κ2) is 8.41. The number of carbonyl (C=O) groups excluding carboxylic acids is 1. The minimum atomic E-state index is -0.635. The van der Waals surface area contributed by atoms with Crippen LogP contribution >= 0.6 is 0 Å². The number of aliphatic imine (C=N–C) groups is 2. The van der Waals surface area contributed by atoms with Crippen molar-refractivity contribution in [2.75, 3.05) is 33.8 Å². The second-order valence-electron chi connectivity index (χ2n) is 2.95. The topological polar surface area (TPSA) is 54.3 Å². The van der Waals surface area contributed by atoms with Crippen LogP contribution in [0.15, 0.2) is 9.98 Å². The number of amides is 1. The molecule has 0 radical (unpaired) electrons. The van der Waals surface area contributed by atoms with Crippen LogP contribution in [-0.2, 0) is 4.74 Å². The number of carbonyl (C=O) groups is 1. The Bertz CT molecular complexity index is 220. The average molecular weight is 199 g/mol. The Hall–Kier alpha value is -1.19. The molecule has 0 N–H and O–H groups in total. The van der Waals surface area contributed by atoms with E-state index in [4.69, 9.17) is 0 Å². The first kappa shape index (κ1) is 12.8. The maximum absolute atomic E-state index is 10.7. The monoisotopic (exact) mass is 199 g/mol. The van der Waals surface area contributed by atoms with Gasteiger partial charge in [-0.3, -0.25) is 0 Å². The van der Waals surface area contributed by atoms with Crippen LogP contribution in [0.3, 0.4) is 0 Å². The fourth-order valence-electron chi connectivity index (χ4n) is 0.748. The van der Waals surface area contributed by atoms with Crippen molar-refractivity contribution in [3.8, 4) is 0 Å². The molecule has 5 heteroatoms. The fraction of sp³-hybridized carbons (Fsp3) is 0.778. The number of hydrogen-bond acceptors (Lipinski definition) is 4. The molecule has 0 saturated carbocycles. The minimum absolute atomic E-state index is 0.324. The highest BCUT2D eigenvalue weighted by Gasteiger charge is 1.92. The molecule has 0 unspecified atom stereocenters. The van der Waals surface area contributed by atoms with E-state index in [1.54, 1.807) is 6.92 Å².